The summed E-state index contributed by atoms with van der Waals surface area (Å²) < 4.78 is 1.75. The maximum Gasteiger partial charge on any atom is 0.234 e. The molecule has 2 rings (SSSR count). The first-order valence-corrected chi connectivity index (χ1v) is 7.00. The van der Waals surface area contributed by atoms with Crippen LogP contribution in [0.3, 0.4) is 0 Å². The maximum atomic E-state index is 11.9. The van der Waals surface area contributed by atoms with Gasteiger partial charge in [-0.25, -0.2) is 0 Å². The van der Waals surface area contributed by atoms with Crippen LogP contribution in [0.2, 0.25) is 0 Å². The van der Waals surface area contributed by atoms with Gasteiger partial charge in [0.25, 0.3) is 0 Å². The summed E-state index contributed by atoms with van der Waals surface area (Å²) in [5, 5.41) is 16.7. The third-order valence-electron chi connectivity index (χ3n) is 2.59. The largest absolute Gasteiger partial charge is 0.325 e. The number of rotatable bonds is 4. The molecule has 0 bridgehead atoms. The second-order valence-electron chi connectivity index (χ2n) is 4.28. The number of aryl methyl sites for hydroxylation is 2. The van der Waals surface area contributed by atoms with Gasteiger partial charge in [-0.1, -0.05) is 17.8 Å². The summed E-state index contributed by atoms with van der Waals surface area (Å²) in [6.07, 6.45) is 0. The molecule has 6 heteroatoms. The van der Waals surface area contributed by atoms with Crippen LogP contribution in [-0.4, -0.2) is 21.4 Å². The van der Waals surface area contributed by atoms with Crippen molar-refractivity contribution in [1.82, 2.24) is 9.78 Å². The highest BCUT2D eigenvalue weighted by molar-refractivity contribution is 7.99. The second kappa shape index (κ2) is 6.26. The van der Waals surface area contributed by atoms with E-state index in [-0.39, 0.29) is 5.91 Å². The fraction of sp³-hybridized carbons (Fsp3) is 0.214. The number of carbonyl (C=O) groups is 1. The van der Waals surface area contributed by atoms with Gasteiger partial charge in [0, 0.05) is 12.7 Å². The van der Waals surface area contributed by atoms with Crippen molar-refractivity contribution in [2.75, 3.05) is 11.1 Å². The van der Waals surface area contributed by atoms with Crippen LogP contribution in [0, 0.1) is 18.3 Å². The number of carbonyl (C=O) groups excluding carboxylic acids is 1. The summed E-state index contributed by atoms with van der Waals surface area (Å²) in [5.74, 6) is 0.194. The third kappa shape index (κ3) is 3.62. The molecule has 0 radical (unpaired) electrons. The van der Waals surface area contributed by atoms with Crippen molar-refractivity contribution in [2.45, 2.75) is 11.9 Å². The Bertz CT molecular complexity index is 672. The topological polar surface area (TPSA) is 70.7 Å². The molecule has 0 aliphatic heterocycles. The van der Waals surface area contributed by atoms with Gasteiger partial charge in [0.1, 0.15) is 0 Å². The van der Waals surface area contributed by atoms with E-state index in [0.717, 1.165) is 10.7 Å². The SMILES string of the molecule is Cc1cc(SCC(=O)Nc2cccc(C#N)c2)n(C)n1. The Morgan fingerprint density at radius 3 is 2.95 bits per heavy atom. The summed E-state index contributed by atoms with van der Waals surface area (Å²) >= 11 is 1.43. The first kappa shape index (κ1) is 14.2. The summed E-state index contributed by atoms with van der Waals surface area (Å²) in [6.45, 7) is 1.91. The molecule has 0 aliphatic rings. The number of hydrogen-bond donors (Lipinski definition) is 1. The number of nitriles is 1. The standard InChI is InChI=1S/C14H14N4OS/c1-10-6-14(18(2)17-10)20-9-13(19)16-12-5-3-4-11(7-12)8-15/h3-7H,9H2,1-2H3,(H,16,19). The quantitative estimate of drug-likeness (QED) is 0.876. The molecule has 1 heterocycles. The number of aromatic nitrogens is 2. The molecule has 2 aromatic rings. The minimum Gasteiger partial charge on any atom is -0.325 e. The molecule has 20 heavy (non-hydrogen) atoms. The van der Waals surface area contributed by atoms with E-state index in [4.69, 9.17) is 5.26 Å². The van der Waals surface area contributed by atoms with Crippen molar-refractivity contribution in [2.24, 2.45) is 7.05 Å². The van der Waals surface area contributed by atoms with Gasteiger partial charge in [0.15, 0.2) is 0 Å². The highest BCUT2D eigenvalue weighted by Gasteiger charge is 2.07. The van der Waals surface area contributed by atoms with Crippen LogP contribution in [0.5, 0.6) is 0 Å². The smallest absolute Gasteiger partial charge is 0.234 e. The van der Waals surface area contributed by atoms with Gasteiger partial charge in [-0.2, -0.15) is 10.4 Å². The number of benzene rings is 1. The van der Waals surface area contributed by atoms with E-state index in [2.05, 4.69) is 10.4 Å². The van der Waals surface area contributed by atoms with Crippen LogP contribution in [0.15, 0.2) is 35.4 Å². The third-order valence-corrected chi connectivity index (χ3v) is 3.67. The summed E-state index contributed by atoms with van der Waals surface area (Å²) in [4.78, 5) is 11.9. The molecule has 102 valence electrons. The monoisotopic (exact) mass is 286 g/mol. The Balaban J connectivity index is 1.92. The summed E-state index contributed by atoms with van der Waals surface area (Å²) in [6, 6.07) is 10.8. The van der Waals surface area contributed by atoms with Crippen molar-refractivity contribution < 1.29 is 4.79 Å². The minimum absolute atomic E-state index is 0.107. The molecule has 5 nitrogen and oxygen atoms in total. The first-order chi connectivity index (χ1) is 9.58. The zero-order valence-electron chi connectivity index (χ0n) is 11.3. The minimum atomic E-state index is -0.107. The molecule has 0 spiro atoms. The van der Waals surface area contributed by atoms with Crippen molar-refractivity contribution >= 4 is 23.4 Å². The van der Waals surface area contributed by atoms with Gasteiger partial charge in [0.2, 0.25) is 5.91 Å². The lowest BCUT2D eigenvalue weighted by atomic mass is 10.2. The van der Waals surface area contributed by atoms with Gasteiger partial charge in [-0.15, -0.1) is 0 Å². The number of hydrogen-bond acceptors (Lipinski definition) is 4. The van der Waals surface area contributed by atoms with E-state index in [0.29, 0.717) is 17.0 Å². The fourth-order valence-electron chi connectivity index (χ4n) is 1.73. The molecule has 0 saturated heterocycles. The maximum absolute atomic E-state index is 11.9. The molecule has 0 aliphatic carbocycles. The molecule has 1 amide bonds. The number of anilines is 1. The average Bonchev–Trinajstić information content (AvgIpc) is 2.75. The van der Waals surface area contributed by atoms with Gasteiger partial charge in [-0.3, -0.25) is 9.48 Å². The number of amides is 1. The molecular weight excluding hydrogens is 272 g/mol. The zero-order valence-corrected chi connectivity index (χ0v) is 12.1. The van der Waals surface area contributed by atoms with Crippen LogP contribution in [0.25, 0.3) is 0 Å². The normalized spacial score (nSPS) is 10.1. The lowest BCUT2D eigenvalue weighted by Crippen LogP contribution is -2.14. The Hall–Kier alpha value is -2.26. The van der Waals surface area contributed by atoms with Crippen molar-refractivity contribution in [3.8, 4) is 6.07 Å². The zero-order chi connectivity index (χ0) is 14.5. The molecule has 0 atom stereocenters. The molecule has 0 saturated carbocycles. The molecule has 1 aromatic carbocycles. The number of nitrogens with one attached hydrogen (secondary N) is 1. The van der Waals surface area contributed by atoms with E-state index < -0.39 is 0 Å². The van der Waals surface area contributed by atoms with Crippen LogP contribution in [-0.2, 0) is 11.8 Å². The molecular formula is C14H14N4OS. The van der Waals surface area contributed by atoms with E-state index in [1.807, 2.05) is 26.1 Å². The number of nitrogens with zero attached hydrogens (tertiary/aromatic N) is 3. The predicted octanol–water partition coefficient (Wildman–Crippen LogP) is 2.33. The Labute approximate surface area is 121 Å². The van der Waals surface area contributed by atoms with E-state index in [9.17, 15) is 4.79 Å². The summed E-state index contributed by atoms with van der Waals surface area (Å²) in [7, 11) is 1.85. The van der Waals surface area contributed by atoms with Crippen LogP contribution in [0.4, 0.5) is 5.69 Å². The fourth-order valence-corrected chi connectivity index (χ4v) is 2.56. The van der Waals surface area contributed by atoms with E-state index >= 15 is 0 Å². The van der Waals surface area contributed by atoms with Crippen LogP contribution >= 0.6 is 11.8 Å². The lowest BCUT2D eigenvalue weighted by Gasteiger charge is -2.05. The van der Waals surface area contributed by atoms with E-state index in [1.165, 1.54) is 11.8 Å². The molecule has 1 N–H and O–H groups in total. The van der Waals surface area contributed by atoms with Crippen molar-refractivity contribution in [3.05, 3.63) is 41.6 Å². The highest BCUT2D eigenvalue weighted by Crippen LogP contribution is 2.18. The second-order valence-corrected chi connectivity index (χ2v) is 5.27. The molecule has 1 aromatic heterocycles. The predicted molar refractivity (Wildman–Crippen MR) is 78.5 cm³/mol. The Kier molecular flexibility index (Phi) is 4.43. The Morgan fingerprint density at radius 2 is 2.30 bits per heavy atom. The van der Waals surface area contributed by atoms with Crippen LogP contribution < -0.4 is 5.32 Å². The molecule has 0 unspecified atom stereocenters. The Morgan fingerprint density at radius 1 is 1.50 bits per heavy atom. The summed E-state index contributed by atoms with van der Waals surface area (Å²) in [5.41, 5.74) is 2.09. The first-order valence-electron chi connectivity index (χ1n) is 6.02. The van der Waals surface area contributed by atoms with Crippen molar-refractivity contribution in [1.29, 1.82) is 5.26 Å². The average molecular weight is 286 g/mol. The van der Waals surface area contributed by atoms with Crippen molar-refractivity contribution in [3.63, 3.8) is 0 Å². The van der Waals surface area contributed by atoms with Crippen LogP contribution in [0.1, 0.15) is 11.3 Å². The molecule has 0 fully saturated rings. The number of thioether (sulfide) groups is 1. The van der Waals surface area contributed by atoms with Gasteiger partial charge >= 0.3 is 0 Å². The van der Waals surface area contributed by atoms with Gasteiger partial charge in [0.05, 0.1) is 28.1 Å². The van der Waals surface area contributed by atoms with Gasteiger partial charge in [-0.05, 0) is 31.2 Å². The lowest BCUT2D eigenvalue weighted by molar-refractivity contribution is -0.113. The van der Waals surface area contributed by atoms with E-state index in [1.54, 1.807) is 28.9 Å². The highest BCUT2D eigenvalue weighted by atomic mass is 32.2. The van der Waals surface area contributed by atoms with Gasteiger partial charge < -0.3 is 5.32 Å².